The molecule has 0 saturated heterocycles. The van der Waals surface area contributed by atoms with Crippen molar-refractivity contribution in [2.24, 2.45) is 5.92 Å². The van der Waals surface area contributed by atoms with Gasteiger partial charge in [-0.3, -0.25) is 4.79 Å². The molecule has 1 fully saturated rings. The highest BCUT2D eigenvalue weighted by atomic mass is 16.5. The Labute approximate surface area is 167 Å². The Bertz CT molecular complexity index is 796. The zero-order valence-electron chi connectivity index (χ0n) is 17.2. The molecule has 1 aliphatic rings. The number of pyridine rings is 1. The van der Waals surface area contributed by atoms with E-state index in [1.165, 1.54) is 19.3 Å². The normalized spacial score (nSPS) is 15.2. The molecular formula is C21H33N5O2. The third-order valence-corrected chi connectivity index (χ3v) is 5.49. The second-order valence-corrected chi connectivity index (χ2v) is 7.67. The Morgan fingerprint density at radius 3 is 2.82 bits per heavy atom. The maximum absolute atomic E-state index is 12.2. The molecule has 1 amide bonds. The molecule has 154 valence electrons. The molecule has 0 radical (unpaired) electrons. The first-order chi connectivity index (χ1) is 13.6. The lowest BCUT2D eigenvalue weighted by atomic mass is 9.89. The number of fused-ring (bicyclic) bond motifs is 1. The zero-order chi connectivity index (χ0) is 19.9. The minimum Gasteiger partial charge on any atom is -0.382 e. The van der Waals surface area contributed by atoms with Crippen LogP contribution in [-0.4, -0.2) is 33.6 Å². The monoisotopic (exact) mass is 387 g/mol. The van der Waals surface area contributed by atoms with E-state index >= 15 is 0 Å². The minimum atomic E-state index is 0.225. The van der Waals surface area contributed by atoms with Crippen molar-refractivity contribution in [2.45, 2.75) is 71.9 Å². The number of carbonyl (C=O) groups is 1. The van der Waals surface area contributed by atoms with Gasteiger partial charge in [-0.15, -0.1) is 0 Å². The van der Waals surface area contributed by atoms with Gasteiger partial charge in [0, 0.05) is 31.3 Å². The van der Waals surface area contributed by atoms with Crippen molar-refractivity contribution in [1.82, 2.24) is 19.9 Å². The van der Waals surface area contributed by atoms with Gasteiger partial charge >= 0.3 is 0 Å². The molecule has 0 aliphatic heterocycles. The molecule has 7 heteroatoms. The van der Waals surface area contributed by atoms with E-state index in [4.69, 9.17) is 10.5 Å². The lowest BCUT2D eigenvalue weighted by Crippen LogP contribution is -2.32. The Morgan fingerprint density at radius 2 is 2.07 bits per heavy atom. The number of nitrogens with zero attached hydrogens (tertiary/aromatic N) is 3. The third kappa shape index (κ3) is 5.01. The van der Waals surface area contributed by atoms with E-state index < -0.39 is 0 Å². The number of aromatic nitrogens is 3. The van der Waals surface area contributed by atoms with E-state index in [2.05, 4.69) is 19.9 Å². The first kappa shape index (κ1) is 20.6. The smallest absolute Gasteiger partial charge is 0.223 e. The van der Waals surface area contributed by atoms with Crippen molar-refractivity contribution in [1.29, 1.82) is 0 Å². The summed E-state index contributed by atoms with van der Waals surface area (Å²) >= 11 is 0. The summed E-state index contributed by atoms with van der Waals surface area (Å²) in [5, 5.41) is 3.12. The molecule has 3 rings (SSSR count). The molecule has 0 spiro atoms. The molecule has 2 heterocycles. The van der Waals surface area contributed by atoms with Gasteiger partial charge in [0.15, 0.2) is 5.82 Å². The van der Waals surface area contributed by atoms with E-state index in [9.17, 15) is 4.79 Å². The molecule has 0 aromatic carbocycles. The number of carbonyl (C=O) groups excluding carboxylic acids is 1. The molecular weight excluding hydrogens is 354 g/mol. The Morgan fingerprint density at radius 1 is 1.29 bits per heavy atom. The molecule has 1 saturated carbocycles. The van der Waals surface area contributed by atoms with Crippen LogP contribution in [0.25, 0.3) is 11.0 Å². The first-order valence-electron chi connectivity index (χ1n) is 10.6. The lowest BCUT2D eigenvalue weighted by molar-refractivity contribution is -0.125. The van der Waals surface area contributed by atoms with Gasteiger partial charge in [0.2, 0.25) is 5.91 Å². The number of aryl methyl sites for hydroxylation is 2. The van der Waals surface area contributed by atoms with Crippen molar-refractivity contribution in [2.75, 3.05) is 18.9 Å². The van der Waals surface area contributed by atoms with Crippen LogP contribution in [0.2, 0.25) is 0 Å². The minimum absolute atomic E-state index is 0.225. The molecule has 0 bridgehead atoms. The largest absolute Gasteiger partial charge is 0.382 e. The first-order valence-corrected chi connectivity index (χ1v) is 10.6. The summed E-state index contributed by atoms with van der Waals surface area (Å²) in [6.07, 6.45) is 7.62. The van der Waals surface area contributed by atoms with Crippen LogP contribution in [0.15, 0.2) is 6.07 Å². The Kier molecular flexibility index (Phi) is 7.25. The maximum Gasteiger partial charge on any atom is 0.223 e. The van der Waals surface area contributed by atoms with Crippen molar-refractivity contribution < 1.29 is 9.53 Å². The summed E-state index contributed by atoms with van der Waals surface area (Å²) in [6.45, 7) is 6.57. The summed E-state index contributed by atoms with van der Waals surface area (Å²) in [4.78, 5) is 21.2. The molecule has 7 nitrogen and oxygen atoms in total. The number of nitrogens with two attached hydrogens (primary N) is 1. The van der Waals surface area contributed by atoms with Crippen molar-refractivity contribution in [3.8, 4) is 0 Å². The number of hydrogen-bond donors (Lipinski definition) is 2. The van der Waals surface area contributed by atoms with E-state index in [-0.39, 0.29) is 11.8 Å². The highest BCUT2D eigenvalue weighted by Gasteiger charge is 2.20. The molecule has 2 aromatic rings. The van der Waals surface area contributed by atoms with E-state index in [0.29, 0.717) is 19.0 Å². The predicted octanol–water partition coefficient (Wildman–Crippen LogP) is 3.34. The highest BCUT2D eigenvalue weighted by Crippen LogP contribution is 2.24. The van der Waals surface area contributed by atoms with Crippen LogP contribution in [-0.2, 0) is 22.7 Å². The Hall–Kier alpha value is -2.15. The fraction of sp³-hybridized carbons (Fsp3) is 0.667. The van der Waals surface area contributed by atoms with Gasteiger partial charge in [-0.1, -0.05) is 19.3 Å². The quantitative estimate of drug-likeness (QED) is 0.644. The van der Waals surface area contributed by atoms with E-state index in [1.807, 2.05) is 19.9 Å². The van der Waals surface area contributed by atoms with E-state index in [0.717, 1.165) is 61.3 Å². The number of rotatable bonds is 9. The molecule has 2 aromatic heterocycles. The van der Waals surface area contributed by atoms with Crippen LogP contribution in [0.3, 0.4) is 0 Å². The average molecular weight is 388 g/mol. The van der Waals surface area contributed by atoms with Gasteiger partial charge in [0.05, 0.1) is 5.52 Å². The molecule has 3 N–H and O–H groups in total. The molecule has 0 atom stereocenters. The van der Waals surface area contributed by atoms with Crippen molar-refractivity contribution in [3.05, 3.63) is 17.6 Å². The van der Waals surface area contributed by atoms with Crippen LogP contribution in [0.5, 0.6) is 0 Å². The molecule has 0 unspecified atom stereocenters. The summed E-state index contributed by atoms with van der Waals surface area (Å²) in [7, 11) is 0. The number of nitrogens with one attached hydrogen (secondary N) is 1. The SMILES string of the molecule is CCOCc1nc2c(N)nc(C)cc2n1CCCCNC(=O)C1CCCCC1. The average Bonchev–Trinajstić information content (AvgIpc) is 3.04. The van der Waals surface area contributed by atoms with Gasteiger partial charge in [-0.2, -0.15) is 0 Å². The Balaban J connectivity index is 1.57. The van der Waals surface area contributed by atoms with Gasteiger partial charge < -0.3 is 20.4 Å². The summed E-state index contributed by atoms with van der Waals surface area (Å²) in [5.74, 6) is 1.80. The summed E-state index contributed by atoms with van der Waals surface area (Å²) in [6, 6.07) is 2.03. The van der Waals surface area contributed by atoms with Crippen LogP contribution >= 0.6 is 0 Å². The molecule has 28 heavy (non-hydrogen) atoms. The lowest BCUT2D eigenvalue weighted by Gasteiger charge is -2.20. The zero-order valence-corrected chi connectivity index (χ0v) is 17.2. The highest BCUT2D eigenvalue weighted by molar-refractivity contribution is 5.85. The number of amides is 1. The predicted molar refractivity (Wildman–Crippen MR) is 111 cm³/mol. The van der Waals surface area contributed by atoms with Crippen LogP contribution < -0.4 is 11.1 Å². The second kappa shape index (κ2) is 9.87. The van der Waals surface area contributed by atoms with Gasteiger partial charge in [0.25, 0.3) is 0 Å². The topological polar surface area (TPSA) is 95.1 Å². The maximum atomic E-state index is 12.2. The second-order valence-electron chi connectivity index (χ2n) is 7.67. The fourth-order valence-electron chi connectivity index (χ4n) is 3.99. The number of anilines is 1. The number of unbranched alkanes of at least 4 members (excludes halogenated alkanes) is 1. The van der Waals surface area contributed by atoms with Gasteiger partial charge in [0.1, 0.15) is 17.9 Å². The van der Waals surface area contributed by atoms with Crippen LogP contribution in [0.4, 0.5) is 5.82 Å². The number of nitrogen functional groups attached to an aromatic ring is 1. The standard InChI is InChI=1S/C21H33N5O2/c1-3-28-14-18-25-19-17(13-15(2)24-20(19)22)26(18)12-8-7-11-23-21(27)16-9-5-4-6-10-16/h13,16H,3-12,14H2,1-2H3,(H2,22,24)(H,23,27). The number of hydrogen-bond acceptors (Lipinski definition) is 5. The third-order valence-electron chi connectivity index (χ3n) is 5.49. The van der Waals surface area contributed by atoms with E-state index in [1.54, 1.807) is 0 Å². The van der Waals surface area contributed by atoms with Crippen molar-refractivity contribution in [3.63, 3.8) is 0 Å². The number of imidazole rings is 1. The number of ether oxygens (including phenoxy) is 1. The summed E-state index contributed by atoms with van der Waals surface area (Å²) in [5.41, 5.74) is 8.70. The molecule has 1 aliphatic carbocycles. The van der Waals surface area contributed by atoms with Gasteiger partial charge in [-0.25, -0.2) is 9.97 Å². The van der Waals surface area contributed by atoms with Crippen LogP contribution in [0, 0.1) is 12.8 Å². The van der Waals surface area contributed by atoms with Crippen LogP contribution in [0.1, 0.15) is 63.4 Å². The van der Waals surface area contributed by atoms with Gasteiger partial charge in [-0.05, 0) is 45.6 Å². The van der Waals surface area contributed by atoms with Crippen molar-refractivity contribution >= 4 is 22.8 Å². The summed E-state index contributed by atoms with van der Waals surface area (Å²) < 4.78 is 7.76. The fourth-order valence-corrected chi connectivity index (χ4v) is 3.99.